The van der Waals surface area contributed by atoms with E-state index in [4.69, 9.17) is 0 Å². The molecule has 4 heteroatoms. The lowest BCUT2D eigenvalue weighted by molar-refractivity contribution is 0.454. The predicted molar refractivity (Wildman–Crippen MR) is 82.7 cm³/mol. The highest BCUT2D eigenvalue weighted by atomic mass is 32.2. The Bertz CT molecular complexity index is 766. The van der Waals surface area contributed by atoms with Crippen LogP contribution in [0.15, 0.2) is 42.5 Å². The fraction of sp³-hybridized carbons (Fsp3) is 0.250. The summed E-state index contributed by atoms with van der Waals surface area (Å²) in [4.78, 5) is 0. The molecule has 0 heterocycles. The molecule has 0 N–H and O–H groups in total. The zero-order valence-corrected chi connectivity index (χ0v) is 12.4. The molecule has 0 radical (unpaired) electrons. The fourth-order valence-corrected chi connectivity index (χ4v) is 3.07. The van der Waals surface area contributed by atoms with Crippen LogP contribution in [0.5, 0.6) is 0 Å². The van der Waals surface area contributed by atoms with Crippen molar-refractivity contribution in [1.29, 1.82) is 0 Å². The second kappa shape index (κ2) is 6.08. The molecule has 20 heavy (non-hydrogen) atoms. The molecule has 0 unspecified atom stereocenters. The Morgan fingerprint density at radius 3 is 2.30 bits per heavy atom. The molecule has 0 aliphatic rings. The zero-order chi connectivity index (χ0) is 14.6. The van der Waals surface area contributed by atoms with Crippen LogP contribution in [-0.2, 0) is 10.0 Å². The molecule has 104 valence electrons. The predicted octanol–water partition coefficient (Wildman–Crippen LogP) is 2.82. The van der Waals surface area contributed by atoms with Crippen LogP contribution in [-0.4, -0.2) is 25.8 Å². The number of nitrogens with zero attached hydrogens (tertiary/aromatic N) is 1. The first-order valence-corrected chi connectivity index (χ1v) is 8.02. The van der Waals surface area contributed by atoms with E-state index < -0.39 is 10.0 Å². The van der Waals surface area contributed by atoms with Crippen molar-refractivity contribution >= 4 is 20.8 Å². The Balaban J connectivity index is 2.35. The van der Waals surface area contributed by atoms with Crippen molar-refractivity contribution in [3.8, 4) is 11.2 Å². The smallest absolute Gasteiger partial charge is 0.198 e. The third kappa shape index (κ3) is 3.19. The van der Waals surface area contributed by atoms with Crippen molar-refractivity contribution in [3.05, 3.63) is 48.0 Å². The van der Waals surface area contributed by atoms with E-state index in [9.17, 15) is 8.42 Å². The maximum Gasteiger partial charge on any atom is 0.283 e. The summed E-state index contributed by atoms with van der Waals surface area (Å²) in [5, 5.41) is 4.56. The van der Waals surface area contributed by atoms with Gasteiger partial charge in [-0.15, -0.1) is 0 Å². The van der Waals surface area contributed by atoms with E-state index in [0.717, 1.165) is 10.8 Å². The van der Waals surface area contributed by atoms with Gasteiger partial charge in [0.25, 0.3) is 10.0 Å². The van der Waals surface area contributed by atoms with Gasteiger partial charge in [0, 0.05) is 23.9 Å². The molecule has 2 aromatic rings. The number of sulfonamides is 1. The molecule has 0 amide bonds. The zero-order valence-electron chi connectivity index (χ0n) is 11.6. The quantitative estimate of drug-likeness (QED) is 0.814. The number of fused-ring (bicyclic) bond motifs is 1. The third-order valence-corrected chi connectivity index (χ3v) is 4.68. The lowest BCUT2D eigenvalue weighted by Gasteiger charge is -2.13. The molecule has 0 spiro atoms. The minimum absolute atomic E-state index is 0.436. The molecular weight excluding hydrogens is 270 g/mol. The number of hydrogen-bond donors (Lipinski definition) is 0. The Hall–Kier alpha value is -1.83. The molecule has 0 aromatic heterocycles. The van der Waals surface area contributed by atoms with Gasteiger partial charge in [0.05, 0.1) is 0 Å². The van der Waals surface area contributed by atoms with E-state index in [1.54, 1.807) is 13.8 Å². The van der Waals surface area contributed by atoms with Gasteiger partial charge in [-0.1, -0.05) is 44.2 Å². The molecule has 2 aromatic carbocycles. The van der Waals surface area contributed by atoms with Crippen molar-refractivity contribution in [3.63, 3.8) is 0 Å². The van der Waals surface area contributed by atoms with Crippen LogP contribution in [0.1, 0.15) is 19.4 Å². The van der Waals surface area contributed by atoms with E-state index in [0.29, 0.717) is 18.7 Å². The highest BCUT2D eigenvalue weighted by molar-refractivity contribution is 7.93. The lowest BCUT2D eigenvalue weighted by atomic mass is 10.1. The average Bonchev–Trinajstić information content (AvgIpc) is 2.46. The lowest BCUT2D eigenvalue weighted by Crippen LogP contribution is -2.29. The molecule has 0 bridgehead atoms. The van der Waals surface area contributed by atoms with E-state index in [2.05, 4.69) is 11.2 Å². The van der Waals surface area contributed by atoms with Crippen LogP contribution in [0.4, 0.5) is 0 Å². The summed E-state index contributed by atoms with van der Waals surface area (Å²) in [6, 6.07) is 13.6. The van der Waals surface area contributed by atoms with Gasteiger partial charge in [-0.3, -0.25) is 0 Å². The largest absolute Gasteiger partial charge is 0.283 e. The van der Waals surface area contributed by atoms with Crippen molar-refractivity contribution in [2.75, 3.05) is 13.1 Å². The first kappa shape index (κ1) is 14.6. The van der Waals surface area contributed by atoms with Crippen LogP contribution in [0, 0.1) is 11.2 Å². The van der Waals surface area contributed by atoms with E-state index in [1.807, 2.05) is 42.5 Å². The van der Waals surface area contributed by atoms with Crippen molar-refractivity contribution < 1.29 is 8.42 Å². The summed E-state index contributed by atoms with van der Waals surface area (Å²) in [6.45, 7) is 4.48. The van der Waals surface area contributed by atoms with Crippen LogP contribution in [0.3, 0.4) is 0 Å². The second-order valence-electron chi connectivity index (χ2n) is 4.38. The van der Waals surface area contributed by atoms with Gasteiger partial charge in [0.2, 0.25) is 0 Å². The van der Waals surface area contributed by atoms with Crippen LogP contribution >= 0.6 is 0 Å². The summed E-state index contributed by atoms with van der Waals surface area (Å²) in [5.41, 5.74) is 0.708. The molecule has 0 atom stereocenters. The number of benzene rings is 2. The summed E-state index contributed by atoms with van der Waals surface area (Å²) in [7, 11) is -3.50. The van der Waals surface area contributed by atoms with Gasteiger partial charge in [0.15, 0.2) is 0 Å². The molecule has 0 fully saturated rings. The van der Waals surface area contributed by atoms with E-state index in [1.165, 1.54) is 4.31 Å². The molecular formula is C16H17NO2S. The standard InChI is InChI=1S/C16H17NO2S/c1-3-17(4-2)20(18,19)12-11-14-9-10-15-7-5-6-8-16(15)13-14/h5-10,13H,3-4H2,1-2H3. The first-order chi connectivity index (χ1) is 9.56. The van der Waals surface area contributed by atoms with Crippen LogP contribution in [0.25, 0.3) is 10.8 Å². The van der Waals surface area contributed by atoms with Crippen molar-refractivity contribution in [2.24, 2.45) is 0 Å². The van der Waals surface area contributed by atoms with Gasteiger partial charge < -0.3 is 0 Å². The highest BCUT2D eigenvalue weighted by Crippen LogP contribution is 2.15. The molecule has 2 rings (SSSR count). The first-order valence-electron chi connectivity index (χ1n) is 6.58. The summed E-state index contributed by atoms with van der Waals surface area (Å²) < 4.78 is 25.3. The maximum absolute atomic E-state index is 12.0. The maximum atomic E-state index is 12.0. The molecule has 3 nitrogen and oxygen atoms in total. The monoisotopic (exact) mass is 287 g/mol. The minimum Gasteiger partial charge on any atom is -0.198 e. The SMILES string of the molecule is CCN(CC)S(=O)(=O)C#Cc1ccc2ccccc2c1. The van der Waals surface area contributed by atoms with Crippen molar-refractivity contribution in [2.45, 2.75) is 13.8 Å². The highest BCUT2D eigenvalue weighted by Gasteiger charge is 2.14. The van der Waals surface area contributed by atoms with E-state index >= 15 is 0 Å². The Labute approximate surface area is 120 Å². The number of hydrogen-bond acceptors (Lipinski definition) is 2. The fourth-order valence-electron chi connectivity index (χ4n) is 2.02. The molecule has 0 saturated carbocycles. The van der Waals surface area contributed by atoms with Gasteiger partial charge in [0.1, 0.15) is 0 Å². The van der Waals surface area contributed by atoms with Crippen LogP contribution < -0.4 is 0 Å². The van der Waals surface area contributed by atoms with Gasteiger partial charge in [-0.2, -0.15) is 12.7 Å². The normalized spacial score (nSPS) is 11.3. The van der Waals surface area contributed by atoms with Crippen molar-refractivity contribution in [1.82, 2.24) is 4.31 Å². The topological polar surface area (TPSA) is 37.4 Å². The average molecular weight is 287 g/mol. The number of rotatable bonds is 3. The summed E-state index contributed by atoms with van der Waals surface area (Å²) >= 11 is 0. The van der Waals surface area contributed by atoms with Gasteiger partial charge in [-0.25, -0.2) is 0 Å². The van der Waals surface area contributed by atoms with Gasteiger partial charge in [-0.05, 0) is 28.8 Å². The Morgan fingerprint density at radius 1 is 1.00 bits per heavy atom. The third-order valence-electron chi connectivity index (χ3n) is 3.12. The summed E-state index contributed by atoms with van der Waals surface area (Å²) in [5.74, 6) is 2.75. The Morgan fingerprint density at radius 2 is 1.65 bits per heavy atom. The second-order valence-corrected chi connectivity index (χ2v) is 6.05. The molecule has 0 saturated heterocycles. The molecule has 0 aliphatic carbocycles. The Kier molecular flexibility index (Phi) is 4.43. The van der Waals surface area contributed by atoms with Crippen LogP contribution in [0.2, 0.25) is 0 Å². The minimum atomic E-state index is -3.50. The molecule has 0 aliphatic heterocycles. The van der Waals surface area contributed by atoms with Gasteiger partial charge >= 0.3 is 0 Å². The summed E-state index contributed by atoms with van der Waals surface area (Å²) in [6.07, 6.45) is 0. The van der Waals surface area contributed by atoms with E-state index in [-0.39, 0.29) is 0 Å².